The van der Waals surface area contributed by atoms with Crippen LogP contribution in [0.2, 0.25) is 10.0 Å². The molecule has 4 rings (SSSR count). The summed E-state index contributed by atoms with van der Waals surface area (Å²) in [7, 11) is 1.62. The third-order valence-electron chi connectivity index (χ3n) is 5.65. The van der Waals surface area contributed by atoms with Crippen LogP contribution in [0.1, 0.15) is 35.4 Å². The average Bonchev–Trinajstić information content (AvgIpc) is 3.30. The van der Waals surface area contributed by atoms with Crippen molar-refractivity contribution in [3.8, 4) is 16.9 Å². The van der Waals surface area contributed by atoms with Crippen molar-refractivity contribution < 1.29 is 23.1 Å². The Hall–Kier alpha value is -3.33. The minimum absolute atomic E-state index is 0.0967. The molecule has 0 aliphatic carbocycles. The molecule has 0 aliphatic rings. The fourth-order valence-electron chi connectivity index (χ4n) is 3.79. The van der Waals surface area contributed by atoms with Gasteiger partial charge in [-0.1, -0.05) is 35.3 Å². The van der Waals surface area contributed by atoms with E-state index in [-0.39, 0.29) is 33.1 Å². The summed E-state index contributed by atoms with van der Waals surface area (Å²) in [4.78, 5) is 16.6. The molecule has 0 saturated heterocycles. The normalized spacial score (nSPS) is 12.0. The number of nitrogens with zero attached hydrogens (tertiary/aromatic N) is 1. The zero-order valence-electron chi connectivity index (χ0n) is 19.6. The van der Waals surface area contributed by atoms with E-state index in [1.165, 1.54) is 12.1 Å². The molecular formula is C26H24Cl2FN3O4. The SMILES string of the molecule is COCCCNC(=O)c1ccc(-c2coc3c(OC(C)c4c(Cl)ccc(F)c4Cl)c(N)ncc23)cc1. The van der Waals surface area contributed by atoms with Gasteiger partial charge in [0.05, 0.1) is 16.7 Å². The number of hydrogen-bond acceptors (Lipinski definition) is 6. The highest BCUT2D eigenvalue weighted by Gasteiger charge is 2.23. The van der Waals surface area contributed by atoms with Crippen LogP contribution in [0.25, 0.3) is 22.1 Å². The summed E-state index contributed by atoms with van der Waals surface area (Å²) in [5, 5.41) is 3.64. The lowest BCUT2D eigenvalue weighted by Crippen LogP contribution is -2.25. The number of amides is 1. The van der Waals surface area contributed by atoms with Gasteiger partial charge < -0.3 is 24.9 Å². The second-order valence-corrected chi connectivity index (χ2v) is 8.85. The Morgan fingerprint density at radius 1 is 1.22 bits per heavy atom. The van der Waals surface area contributed by atoms with Crippen molar-refractivity contribution in [2.45, 2.75) is 19.4 Å². The van der Waals surface area contributed by atoms with E-state index in [1.54, 1.807) is 38.6 Å². The molecule has 3 N–H and O–H groups in total. The molecule has 0 aliphatic heterocycles. The third-order valence-corrected chi connectivity index (χ3v) is 6.36. The number of hydrogen-bond donors (Lipinski definition) is 2. The van der Waals surface area contributed by atoms with E-state index in [4.69, 9.17) is 42.8 Å². The lowest BCUT2D eigenvalue weighted by Gasteiger charge is -2.18. The topological polar surface area (TPSA) is 99.6 Å². The first kappa shape index (κ1) is 25.8. The molecule has 0 fully saturated rings. The van der Waals surface area contributed by atoms with Crippen LogP contribution < -0.4 is 15.8 Å². The number of nitrogens with two attached hydrogens (primary N) is 1. The number of furan rings is 1. The largest absolute Gasteiger partial charge is 0.478 e. The first-order valence-electron chi connectivity index (χ1n) is 11.1. The van der Waals surface area contributed by atoms with Gasteiger partial charge in [-0.15, -0.1) is 0 Å². The van der Waals surface area contributed by atoms with Crippen LogP contribution in [0, 0.1) is 5.82 Å². The van der Waals surface area contributed by atoms with Gasteiger partial charge in [-0.05, 0) is 43.2 Å². The summed E-state index contributed by atoms with van der Waals surface area (Å²) in [5.41, 5.74) is 8.83. The molecule has 4 aromatic rings. The summed E-state index contributed by atoms with van der Waals surface area (Å²) in [6.07, 6.45) is 3.13. The van der Waals surface area contributed by atoms with Crippen molar-refractivity contribution in [3.05, 3.63) is 75.8 Å². The van der Waals surface area contributed by atoms with Gasteiger partial charge in [-0.25, -0.2) is 9.37 Å². The van der Waals surface area contributed by atoms with Crippen LogP contribution in [0.15, 0.2) is 53.3 Å². The Morgan fingerprint density at radius 2 is 1.97 bits per heavy atom. The Bertz CT molecular complexity index is 1390. The standard InChI is InChI=1S/C26H24Cl2FN3O4/c1-14(21-19(27)8-9-20(29)22(21)28)36-24-23-17(12-32-25(24)30)18(13-35-23)15-4-6-16(7-5-15)26(33)31-10-3-11-34-2/h4-9,12-14H,3,10-11H2,1-2H3,(H2,30,32)(H,31,33). The minimum atomic E-state index is -0.745. The molecule has 0 radical (unpaired) electrons. The van der Waals surface area contributed by atoms with Crippen LogP contribution in [-0.2, 0) is 4.74 Å². The summed E-state index contributed by atoms with van der Waals surface area (Å²) in [6, 6.07) is 9.71. The highest BCUT2D eigenvalue weighted by molar-refractivity contribution is 6.36. The van der Waals surface area contributed by atoms with Gasteiger partial charge >= 0.3 is 0 Å². The van der Waals surface area contributed by atoms with E-state index in [2.05, 4.69) is 10.3 Å². The number of fused-ring (bicyclic) bond motifs is 1. The molecule has 7 nitrogen and oxygen atoms in total. The van der Waals surface area contributed by atoms with Crippen molar-refractivity contribution >= 4 is 45.9 Å². The van der Waals surface area contributed by atoms with Gasteiger partial charge in [-0.3, -0.25) is 4.79 Å². The maximum absolute atomic E-state index is 14.0. The predicted octanol–water partition coefficient (Wildman–Crippen LogP) is 6.43. The number of pyridine rings is 1. The van der Waals surface area contributed by atoms with E-state index in [1.807, 2.05) is 12.1 Å². The number of rotatable bonds is 9. The van der Waals surface area contributed by atoms with Crippen LogP contribution in [0.3, 0.4) is 0 Å². The Morgan fingerprint density at radius 3 is 2.69 bits per heavy atom. The number of ether oxygens (including phenoxy) is 2. The highest BCUT2D eigenvalue weighted by atomic mass is 35.5. The first-order chi connectivity index (χ1) is 17.3. The fourth-order valence-corrected chi connectivity index (χ4v) is 4.47. The maximum atomic E-state index is 14.0. The lowest BCUT2D eigenvalue weighted by atomic mass is 10.0. The monoisotopic (exact) mass is 531 g/mol. The molecule has 2 aromatic heterocycles. The highest BCUT2D eigenvalue weighted by Crippen LogP contribution is 2.41. The van der Waals surface area contributed by atoms with Gasteiger partial charge in [-0.2, -0.15) is 0 Å². The van der Waals surface area contributed by atoms with Gasteiger partial charge in [0.1, 0.15) is 11.9 Å². The molecular weight excluding hydrogens is 508 g/mol. The smallest absolute Gasteiger partial charge is 0.251 e. The molecule has 2 heterocycles. The summed E-state index contributed by atoms with van der Waals surface area (Å²) < 4.78 is 30.9. The quantitative estimate of drug-likeness (QED) is 0.190. The van der Waals surface area contributed by atoms with Gasteiger partial charge in [0.25, 0.3) is 5.91 Å². The number of benzene rings is 2. The maximum Gasteiger partial charge on any atom is 0.251 e. The van der Waals surface area contributed by atoms with E-state index in [9.17, 15) is 9.18 Å². The van der Waals surface area contributed by atoms with E-state index in [0.717, 1.165) is 17.5 Å². The van der Waals surface area contributed by atoms with Crippen LogP contribution in [-0.4, -0.2) is 31.2 Å². The van der Waals surface area contributed by atoms with Crippen molar-refractivity contribution in [2.24, 2.45) is 0 Å². The van der Waals surface area contributed by atoms with Crippen LogP contribution in [0.4, 0.5) is 10.2 Å². The van der Waals surface area contributed by atoms with Crippen molar-refractivity contribution in [1.82, 2.24) is 10.3 Å². The fraction of sp³-hybridized carbons (Fsp3) is 0.231. The minimum Gasteiger partial charge on any atom is -0.478 e. The molecule has 10 heteroatoms. The van der Waals surface area contributed by atoms with Gasteiger partial charge in [0, 0.05) is 48.2 Å². The molecule has 0 spiro atoms. The molecule has 0 bridgehead atoms. The van der Waals surface area contributed by atoms with Gasteiger partial charge in [0.15, 0.2) is 11.4 Å². The molecule has 1 atom stereocenters. The molecule has 1 amide bonds. The molecule has 0 saturated carbocycles. The summed E-state index contributed by atoms with van der Waals surface area (Å²) in [5.74, 6) is -0.485. The predicted molar refractivity (Wildman–Crippen MR) is 138 cm³/mol. The zero-order valence-corrected chi connectivity index (χ0v) is 21.1. The number of aromatic nitrogens is 1. The molecule has 2 aromatic carbocycles. The number of nitrogen functional groups attached to an aromatic ring is 1. The van der Waals surface area contributed by atoms with Crippen LogP contribution in [0.5, 0.6) is 5.75 Å². The number of nitrogens with one attached hydrogen (secondary N) is 1. The van der Waals surface area contributed by atoms with E-state index in [0.29, 0.717) is 29.7 Å². The number of methoxy groups -OCH3 is 1. The van der Waals surface area contributed by atoms with E-state index >= 15 is 0 Å². The van der Waals surface area contributed by atoms with E-state index < -0.39 is 11.9 Å². The second kappa shape index (κ2) is 11.2. The molecule has 1 unspecified atom stereocenters. The van der Waals surface area contributed by atoms with Crippen LogP contribution >= 0.6 is 23.2 Å². The summed E-state index contributed by atoms with van der Waals surface area (Å²) >= 11 is 12.4. The first-order valence-corrected chi connectivity index (χ1v) is 11.9. The number of anilines is 1. The molecule has 188 valence electrons. The van der Waals surface area contributed by atoms with Crippen molar-refractivity contribution in [1.29, 1.82) is 0 Å². The Balaban J connectivity index is 1.60. The second-order valence-electron chi connectivity index (χ2n) is 8.06. The summed E-state index contributed by atoms with van der Waals surface area (Å²) in [6.45, 7) is 2.78. The Labute approximate surface area is 217 Å². The third kappa shape index (κ3) is 5.26. The Kier molecular flexibility index (Phi) is 7.98. The average molecular weight is 532 g/mol. The molecule has 36 heavy (non-hydrogen) atoms. The zero-order chi connectivity index (χ0) is 25.8. The number of carbonyl (C=O) groups is 1. The van der Waals surface area contributed by atoms with Crippen molar-refractivity contribution in [3.63, 3.8) is 0 Å². The lowest BCUT2D eigenvalue weighted by molar-refractivity contribution is 0.0948. The number of carbonyl (C=O) groups excluding carboxylic acids is 1. The van der Waals surface area contributed by atoms with Crippen molar-refractivity contribution in [2.75, 3.05) is 26.0 Å². The number of halogens is 3. The van der Waals surface area contributed by atoms with Gasteiger partial charge in [0.2, 0.25) is 5.75 Å².